The van der Waals surface area contributed by atoms with Crippen molar-refractivity contribution < 1.29 is 4.42 Å². The van der Waals surface area contributed by atoms with Crippen molar-refractivity contribution in [3.63, 3.8) is 0 Å². The van der Waals surface area contributed by atoms with Crippen LogP contribution in [-0.2, 0) is 0 Å². The van der Waals surface area contributed by atoms with E-state index in [-0.39, 0.29) is 0 Å². The minimum atomic E-state index is 0.908. The van der Waals surface area contributed by atoms with Gasteiger partial charge in [-0.2, -0.15) is 0 Å². The number of thiophene rings is 2. The molecule has 11 aromatic rings. The van der Waals surface area contributed by atoms with Gasteiger partial charge in [0.25, 0.3) is 0 Å². The van der Waals surface area contributed by atoms with E-state index in [1.807, 2.05) is 34.8 Å². The van der Waals surface area contributed by atoms with E-state index in [1.165, 1.54) is 51.5 Å². The summed E-state index contributed by atoms with van der Waals surface area (Å²) in [6, 6.07) is 63.8. The Morgan fingerprint density at radius 1 is 0.346 bits per heavy atom. The second-order valence-corrected chi connectivity index (χ2v) is 15.5. The van der Waals surface area contributed by atoms with Gasteiger partial charge in [-0.3, -0.25) is 0 Å². The number of furan rings is 1. The molecular weight excluding hydrogens is 671 g/mol. The maximum Gasteiger partial charge on any atom is 0.143 e. The number of rotatable bonds is 5. The van der Waals surface area contributed by atoms with Crippen LogP contribution < -0.4 is 4.90 Å². The van der Waals surface area contributed by atoms with Crippen LogP contribution >= 0.6 is 22.7 Å². The SMILES string of the molecule is c1cc(-c2cccc3c2oc2ccccc23)cc(N(c2ccc(-c3ccc4sc5ccccc5c4c3)cc2)c2ccc3c(c2)sc2ccccc23)c1. The third-order valence-electron chi connectivity index (χ3n) is 10.3. The second-order valence-electron chi connectivity index (χ2n) is 13.3. The maximum absolute atomic E-state index is 6.47. The molecule has 0 fully saturated rings. The Morgan fingerprint density at radius 3 is 1.81 bits per heavy atom. The molecule has 0 amide bonds. The van der Waals surface area contributed by atoms with E-state index in [0.29, 0.717) is 0 Å². The predicted octanol–water partition coefficient (Wildman–Crippen LogP) is 15.1. The van der Waals surface area contributed by atoms with Crippen molar-refractivity contribution in [1.29, 1.82) is 0 Å². The Balaban J connectivity index is 1.05. The van der Waals surface area contributed by atoms with Crippen LogP contribution in [0.25, 0.3) is 84.5 Å². The molecule has 4 heteroatoms. The second kappa shape index (κ2) is 11.7. The van der Waals surface area contributed by atoms with Crippen LogP contribution in [0.4, 0.5) is 17.1 Å². The van der Waals surface area contributed by atoms with Crippen molar-refractivity contribution >= 4 is 102 Å². The monoisotopic (exact) mass is 699 g/mol. The van der Waals surface area contributed by atoms with Gasteiger partial charge in [-0.25, -0.2) is 0 Å². The third kappa shape index (κ3) is 4.69. The van der Waals surface area contributed by atoms with Crippen molar-refractivity contribution in [2.75, 3.05) is 4.90 Å². The van der Waals surface area contributed by atoms with E-state index in [9.17, 15) is 0 Å². The molecule has 0 spiro atoms. The van der Waals surface area contributed by atoms with Gasteiger partial charge in [-0.15, -0.1) is 22.7 Å². The van der Waals surface area contributed by atoms with E-state index in [1.54, 1.807) is 0 Å². The highest BCUT2D eigenvalue weighted by atomic mass is 32.1. The average Bonchev–Trinajstić information content (AvgIpc) is 3.89. The fourth-order valence-corrected chi connectivity index (χ4v) is 10.0. The fourth-order valence-electron chi connectivity index (χ4n) is 7.80. The molecule has 0 atom stereocenters. The lowest BCUT2D eigenvalue weighted by Crippen LogP contribution is -2.10. The van der Waals surface area contributed by atoms with Gasteiger partial charge < -0.3 is 9.32 Å². The van der Waals surface area contributed by atoms with E-state index >= 15 is 0 Å². The summed E-state index contributed by atoms with van der Waals surface area (Å²) < 4.78 is 11.7. The molecule has 0 bridgehead atoms. The van der Waals surface area contributed by atoms with Crippen LogP contribution in [0.2, 0.25) is 0 Å². The first-order valence-electron chi connectivity index (χ1n) is 17.5. The Kier molecular flexibility index (Phi) is 6.63. The molecule has 8 aromatic carbocycles. The van der Waals surface area contributed by atoms with Crippen molar-refractivity contribution in [1.82, 2.24) is 0 Å². The zero-order valence-electron chi connectivity index (χ0n) is 27.9. The number of fused-ring (bicyclic) bond motifs is 9. The zero-order valence-corrected chi connectivity index (χ0v) is 29.5. The standard InChI is InChI=1S/C48H29NOS2/c1-4-16-43-37(11-1)41-15-8-14-36(48(41)50-43)32-9-7-10-34(27-32)49(35-24-25-40-38-12-2-5-17-44(38)52-47(40)29-35)33-22-19-30(20-23-33)31-21-26-46-42(28-31)39-13-3-6-18-45(39)51-46/h1-29H. The van der Waals surface area contributed by atoms with Crippen molar-refractivity contribution in [3.05, 3.63) is 176 Å². The largest absolute Gasteiger partial charge is 0.455 e. The lowest BCUT2D eigenvalue weighted by molar-refractivity contribution is 0.670. The van der Waals surface area contributed by atoms with Crippen molar-refractivity contribution in [2.45, 2.75) is 0 Å². The summed E-state index contributed by atoms with van der Waals surface area (Å²) in [5.41, 5.74) is 9.76. The zero-order chi connectivity index (χ0) is 34.2. The molecule has 3 heterocycles. The van der Waals surface area contributed by atoms with E-state index in [4.69, 9.17) is 4.42 Å². The number of anilines is 3. The minimum Gasteiger partial charge on any atom is -0.455 e. The highest BCUT2D eigenvalue weighted by molar-refractivity contribution is 7.26. The molecule has 0 saturated carbocycles. The van der Waals surface area contributed by atoms with Gasteiger partial charge in [0.2, 0.25) is 0 Å². The van der Waals surface area contributed by atoms with Crippen LogP contribution in [-0.4, -0.2) is 0 Å². The maximum atomic E-state index is 6.47. The molecular formula is C48H29NOS2. The number of benzene rings is 8. The summed E-state index contributed by atoms with van der Waals surface area (Å²) >= 11 is 3.71. The normalized spacial score (nSPS) is 11.8. The van der Waals surface area contributed by atoms with E-state index in [2.05, 4.69) is 169 Å². The summed E-state index contributed by atoms with van der Waals surface area (Å²) in [6.07, 6.45) is 0. The summed E-state index contributed by atoms with van der Waals surface area (Å²) in [4.78, 5) is 2.38. The van der Waals surface area contributed by atoms with Gasteiger partial charge in [0.05, 0.1) is 0 Å². The van der Waals surface area contributed by atoms with E-state index in [0.717, 1.165) is 50.1 Å². The van der Waals surface area contributed by atoms with Crippen LogP contribution in [0, 0.1) is 0 Å². The first kappa shape index (κ1) is 29.5. The van der Waals surface area contributed by atoms with Crippen LogP contribution in [0.5, 0.6) is 0 Å². The highest BCUT2D eigenvalue weighted by Crippen LogP contribution is 2.43. The van der Waals surface area contributed by atoms with Crippen LogP contribution in [0.1, 0.15) is 0 Å². The van der Waals surface area contributed by atoms with Gasteiger partial charge in [0, 0.05) is 73.7 Å². The van der Waals surface area contributed by atoms with Gasteiger partial charge in [0.15, 0.2) is 0 Å². The van der Waals surface area contributed by atoms with Crippen molar-refractivity contribution in [2.24, 2.45) is 0 Å². The number of hydrogen-bond donors (Lipinski definition) is 0. The molecule has 0 aliphatic carbocycles. The summed E-state index contributed by atoms with van der Waals surface area (Å²) in [5.74, 6) is 0. The topological polar surface area (TPSA) is 16.4 Å². The average molecular weight is 700 g/mol. The van der Waals surface area contributed by atoms with E-state index < -0.39 is 0 Å². The van der Waals surface area contributed by atoms with Crippen LogP contribution in [0.15, 0.2) is 180 Å². The first-order valence-corrected chi connectivity index (χ1v) is 19.1. The first-order chi connectivity index (χ1) is 25.7. The summed E-state index contributed by atoms with van der Waals surface area (Å²) in [7, 11) is 0. The number of hydrogen-bond acceptors (Lipinski definition) is 4. The Hall–Kier alpha value is -6.20. The Bertz CT molecular complexity index is 3150. The van der Waals surface area contributed by atoms with Gasteiger partial charge >= 0.3 is 0 Å². The molecule has 11 rings (SSSR count). The fraction of sp³-hybridized carbons (Fsp3) is 0. The lowest BCUT2D eigenvalue weighted by Gasteiger charge is -2.26. The number of para-hydroxylation sites is 2. The predicted molar refractivity (Wildman–Crippen MR) is 225 cm³/mol. The van der Waals surface area contributed by atoms with Gasteiger partial charge in [-0.05, 0) is 83.4 Å². The number of nitrogens with zero attached hydrogens (tertiary/aromatic N) is 1. The third-order valence-corrected chi connectivity index (χ3v) is 12.6. The smallest absolute Gasteiger partial charge is 0.143 e. The molecule has 244 valence electrons. The Labute approximate surface area is 308 Å². The lowest BCUT2D eigenvalue weighted by atomic mass is 10.0. The molecule has 3 aromatic heterocycles. The molecule has 0 saturated heterocycles. The minimum absolute atomic E-state index is 0.908. The Morgan fingerprint density at radius 2 is 0.962 bits per heavy atom. The van der Waals surface area contributed by atoms with Crippen molar-refractivity contribution in [3.8, 4) is 22.3 Å². The quantitative estimate of drug-likeness (QED) is 0.178. The molecule has 2 nitrogen and oxygen atoms in total. The highest BCUT2D eigenvalue weighted by Gasteiger charge is 2.18. The van der Waals surface area contributed by atoms with Crippen LogP contribution in [0.3, 0.4) is 0 Å². The molecule has 0 aliphatic rings. The van der Waals surface area contributed by atoms with Gasteiger partial charge in [0.1, 0.15) is 11.2 Å². The summed E-state index contributed by atoms with van der Waals surface area (Å²) in [5, 5.41) is 7.51. The molecule has 0 radical (unpaired) electrons. The molecule has 0 aliphatic heterocycles. The van der Waals surface area contributed by atoms with Gasteiger partial charge in [-0.1, -0.05) is 109 Å². The molecule has 0 unspecified atom stereocenters. The molecule has 0 N–H and O–H groups in total. The summed E-state index contributed by atoms with van der Waals surface area (Å²) in [6.45, 7) is 0. The molecule has 52 heavy (non-hydrogen) atoms.